The Morgan fingerprint density at radius 3 is 3.13 bits per heavy atom. The van der Waals surface area contributed by atoms with Crippen LogP contribution in [0, 0.1) is 5.92 Å². The SMILES string of the molecule is CCc1nsc(OC2CNCCC2C)n1. The topological polar surface area (TPSA) is 47.0 Å². The van der Waals surface area contributed by atoms with Crippen LogP contribution in [0.2, 0.25) is 0 Å². The fourth-order valence-corrected chi connectivity index (χ4v) is 2.34. The van der Waals surface area contributed by atoms with Crippen LogP contribution in [0.25, 0.3) is 0 Å². The predicted molar refractivity (Wildman–Crippen MR) is 60.4 cm³/mol. The van der Waals surface area contributed by atoms with Crippen LogP contribution < -0.4 is 10.1 Å². The molecule has 0 aromatic carbocycles. The molecule has 2 heterocycles. The van der Waals surface area contributed by atoms with E-state index in [0.717, 1.165) is 25.3 Å². The first-order chi connectivity index (χ1) is 7.29. The lowest BCUT2D eigenvalue weighted by molar-refractivity contribution is 0.114. The van der Waals surface area contributed by atoms with Crippen molar-refractivity contribution in [3.05, 3.63) is 5.82 Å². The normalized spacial score (nSPS) is 26.5. The number of nitrogens with one attached hydrogen (secondary N) is 1. The van der Waals surface area contributed by atoms with Gasteiger partial charge in [-0.25, -0.2) is 0 Å². The van der Waals surface area contributed by atoms with Gasteiger partial charge >= 0.3 is 0 Å². The summed E-state index contributed by atoms with van der Waals surface area (Å²) < 4.78 is 10.0. The Morgan fingerprint density at radius 1 is 1.60 bits per heavy atom. The van der Waals surface area contributed by atoms with E-state index in [1.54, 1.807) is 0 Å². The Bertz CT molecular complexity index is 315. The number of aromatic nitrogens is 2. The second-order valence-electron chi connectivity index (χ2n) is 3.96. The van der Waals surface area contributed by atoms with E-state index in [1.165, 1.54) is 18.0 Å². The molecule has 1 aliphatic heterocycles. The second kappa shape index (κ2) is 4.90. The average molecular weight is 227 g/mol. The molecular formula is C10H17N3OS. The third-order valence-electron chi connectivity index (χ3n) is 2.77. The molecule has 2 atom stereocenters. The van der Waals surface area contributed by atoms with Gasteiger partial charge < -0.3 is 10.1 Å². The van der Waals surface area contributed by atoms with E-state index >= 15 is 0 Å². The van der Waals surface area contributed by atoms with Gasteiger partial charge in [0.1, 0.15) is 11.9 Å². The number of nitrogens with zero attached hydrogens (tertiary/aromatic N) is 2. The minimum absolute atomic E-state index is 0.247. The molecule has 1 aromatic heterocycles. The highest BCUT2D eigenvalue weighted by molar-refractivity contribution is 7.07. The number of piperidine rings is 1. The summed E-state index contributed by atoms with van der Waals surface area (Å²) in [5.74, 6) is 1.48. The summed E-state index contributed by atoms with van der Waals surface area (Å²) in [7, 11) is 0. The average Bonchev–Trinajstić information content (AvgIpc) is 2.69. The van der Waals surface area contributed by atoms with Gasteiger partial charge in [-0.3, -0.25) is 0 Å². The Balaban J connectivity index is 1.95. The molecule has 0 saturated carbocycles. The van der Waals surface area contributed by atoms with Crippen LogP contribution in [0.4, 0.5) is 0 Å². The van der Waals surface area contributed by atoms with Crippen LogP contribution in [-0.4, -0.2) is 28.6 Å². The van der Waals surface area contributed by atoms with E-state index in [0.29, 0.717) is 11.1 Å². The lowest BCUT2D eigenvalue weighted by atomic mass is 9.97. The third-order valence-corrected chi connectivity index (χ3v) is 3.42. The van der Waals surface area contributed by atoms with E-state index in [-0.39, 0.29) is 6.10 Å². The molecule has 2 rings (SSSR count). The van der Waals surface area contributed by atoms with Gasteiger partial charge in [0.25, 0.3) is 5.19 Å². The van der Waals surface area contributed by atoms with Crippen LogP contribution in [0.1, 0.15) is 26.1 Å². The standard InChI is InChI=1S/C10H17N3OS/c1-3-9-12-10(15-13-9)14-8-6-11-5-4-7(8)2/h7-8,11H,3-6H2,1-2H3. The van der Waals surface area contributed by atoms with Crippen LogP contribution in [0.15, 0.2) is 0 Å². The van der Waals surface area contributed by atoms with E-state index in [1.807, 2.05) is 0 Å². The molecule has 0 spiro atoms. The molecule has 1 aromatic rings. The highest BCUT2D eigenvalue weighted by Gasteiger charge is 2.23. The number of hydrogen-bond acceptors (Lipinski definition) is 5. The Labute approximate surface area is 94.2 Å². The van der Waals surface area contributed by atoms with Crippen molar-refractivity contribution >= 4 is 11.5 Å². The number of rotatable bonds is 3. The molecule has 0 aliphatic carbocycles. The van der Waals surface area contributed by atoms with E-state index in [4.69, 9.17) is 4.74 Å². The summed E-state index contributed by atoms with van der Waals surface area (Å²) in [4.78, 5) is 4.31. The molecule has 1 N–H and O–H groups in total. The minimum Gasteiger partial charge on any atom is -0.464 e. The summed E-state index contributed by atoms with van der Waals surface area (Å²) in [6.45, 7) is 6.30. The monoisotopic (exact) mass is 227 g/mol. The van der Waals surface area contributed by atoms with Crippen molar-refractivity contribution in [2.45, 2.75) is 32.8 Å². The van der Waals surface area contributed by atoms with Crippen molar-refractivity contribution in [1.29, 1.82) is 0 Å². The molecule has 0 radical (unpaired) electrons. The van der Waals surface area contributed by atoms with Crippen molar-refractivity contribution < 1.29 is 4.74 Å². The maximum Gasteiger partial charge on any atom is 0.293 e. The molecule has 15 heavy (non-hydrogen) atoms. The second-order valence-corrected chi connectivity index (χ2v) is 4.67. The summed E-state index contributed by atoms with van der Waals surface area (Å²) in [6.07, 6.45) is 2.29. The highest BCUT2D eigenvalue weighted by atomic mass is 32.1. The largest absolute Gasteiger partial charge is 0.464 e. The first kappa shape index (κ1) is 10.8. The fraction of sp³-hybridized carbons (Fsp3) is 0.800. The van der Waals surface area contributed by atoms with Crippen molar-refractivity contribution in [1.82, 2.24) is 14.7 Å². The van der Waals surface area contributed by atoms with Gasteiger partial charge in [-0.2, -0.15) is 9.36 Å². The third kappa shape index (κ3) is 2.66. The van der Waals surface area contributed by atoms with E-state index in [9.17, 15) is 0 Å². The molecule has 5 heteroatoms. The maximum absolute atomic E-state index is 5.83. The minimum atomic E-state index is 0.247. The fourth-order valence-electron chi connectivity index (χ4n) is 1.68. The van der Waals surface area contributed by atoms with Crippen molar-refractivity contribution in [2.24, 2.45) is 5.92 Å². The van der Waals surface area contributed by atoms with Gasteiger partial charge in [0.2, 0.25) is 0 Å². The van der Waals surface area contributed by atoms with Gasteiger partial charge in [0.05, 0.1) is 0 Å². The zero-order valence-electron chi connectivity index (χ0n) is 9.19. The first-order valence-corrected chi connectivity index (χ1v) is 6.27. The number of ether oxygens (including phenoxy) is 1. The summed E-state index contributed by atoms with van der Waals surface area (Å²) >= 11 is 1.36. The van der Waals surface area contributed by atoms with Gasteiger partial charge in [-0.05, 0) is 18.9 Å². The molecule has 1 fully saturated rings. The summed E-state index contributed by atoms with van der Waals surface area (Å²) in [6, 6.07) is 0. The van der Waals surface area contributed by atoms with Gasteiger partial charge in [0, 0.05) is 24.5 Å². The van der Waals surface area contributed by atoms with Gasteiger partial charge in [-0.1, -0.05) is 13.8 Å². The zero-order chi connectivity index (χ0) is 10.7. The predicted octanol–water partition coefficient (Wildman–Crippen LogP) is 1.48. The van der Waals surface area contributed by atoms with E-state index < -0.39 is 0 Å². The lowest BCUT2D eigenvalue weighted by Gasteiger charge is -2.28. The number of aryl methyl sites for hydroxylation is 1. The molecule has 84 valence electrons. The van der Waals surface area contributed by atoms with Crippen LogP contribution in [-0.2, 0) is 6.42 Å². The van der Waals surface area contributed by atoms with Crippen molar-refractivity contribution in [3.63, 3.8) is 0 Å². The summed E-state index contributed by atoms with van der Waals surface area (Å²) in [5, 5.41) is 4.05. The highest BCUT2D eigenvalue weighted by Crippen LogP contribution is 2.21. The number of hydrogen-bond donors (Lipinski definition) is 1. The van der Waals surface area contributed by atoms with Crippen LogP contribution in [0.5, 0.6) is 5.19 Å². The van der Waals surface area contributed by atoms with Gasteiger partial charge in [0.15, 0.2) is 0 Å². The Morgan fingerprint density at radius 2 is 2.47 bits per heavy atom. The Hall–Kier alpha value is -0.680. The van der Waals surface area contributed by atoms with Gasteiger partial charge in [-0.15, -0.1) is 0 Å². The van der Waals surface area contributed by atoms with Crippen LogP contribution >= 0.6 is 11.5 Å². The van der Waals surface area contributed by atoms with E-state index in [2.05, 4.69) is 28.5 Å². The van der Waals surface area contributed by atoms with Crippen molar-refractivity contribution in [2.75, 3.05) is 13.1 Å². The first-order valence-electron chi connectivity index (χ1n) is 5.49. The zero-order valence-corrected chi connectivity index (χ0v) is 10.0. The molecule has 0 bridgehead atoms. The molecular weight excluding hydrogens is 210 g/mol. The molecule has 1 saturated heterocycles. The maximum atomic E-state index is 5.83. The molecule has 0 amide bonds. The lowest BCUT2D eigenvalue weighted by Crippen LogP contribution is -2.42. The summed E-state index contributed by atoms with van der Waals surface area (Å²) in [5.41, 5.74) is 0. The quantitative estimate of drug-likeness (QED) is 0.849. The molecule has 1 aliphatic rings. The van der Waals surface area contributed by atoms with Crippen molar-refractivity contribution in [3.8, 4) is 5.19 Å². The molecule has 4 nitrogen and oxygen atoms in total. The molecule has 2 unspecified atom stereocenters. The smallest absolute Gasteiger partial charge is 0.293 e. The van der Waals surface area contributed by atoms with Crippen LogP contribution in [0.3, 0.4) is 0 Å². The Kier molecular flexibility index (Phi) is 3.53.